The molecule has 2 radical (unpaired) electrons. The maximum absolute atomic E-state index is 15.0. The Morgan fingerprint density at radius 3 is 2.21 bits per heavy atom. The third-order valence-corrected chi connectivity index (χ3v) is 8.62. The number of nitrogens with zero attached hydrogens (tertiary/aromatic N) is 2. The Morgan fingerprint density at radius 1 is 1.00 bits per heavy atom. The first-order chi connectivity index (χ1) is 22.4. The smallest absolute Gasteiger partial charge is 0.261 e. The number of sulfonamides is 1. The van der Waals surface area contributed by atoms with Crippen molar-refractivity contribution in [1.29, 1.82) is 0 Å². The van der Waals surface area contributed by atoms with Gasteiger partial charge in [0.2, 0.25) is 12.3 Å². The van der Waals surface area contributed by atoms with Crippen molar-refractivity contribution in [1.82, 2.24) is 10.2 Å². The fourth-order valence-electron chi connectivity index (χ4n) is 4.42. The molecule has 1 heterocycles. The van der Waals surface area contributed by atoms with Crippen LogP contribution >= 0.6 is 0 Å². The van der Waals surface area contributed by atoms with Crippen LogP contribution in [-0.4, -0.2) is 69.1 Å². The molecule has 1 aliphatic heterocycles. The van der Waals surface area contributed by atoms with E-state index in [4.69, 9.17) is 7.85 Å². The summed E-state index contributed by atoms with van der Waals surface area (Å²) in [6.45, 7) is 5.11. The van der Waals surface area contributed by atoms with Crippen molar-refractivity contribution in [2.45, 2.75) is 44.5 Å². The molecule has 3 aromatic rings. The topological polar surface area (TPSA) is 165 Å². The SMILES string of the molecule is [B]C(=O)[C@H](Cc1ccc(N2C(=O)C=CN(C)C2O)cc1)NC(=O)c1cc(F)c(NS(=O)(=O)c2ccc(NC(=O)C(C)(C)C)cc2)cc1F. The first-order valence-corrected chi connectivity index (χ1v) is 15.9. The van der Waals surface area contributed by atoms with Crippen LogP contribution in [0, 0.1) is 17.0 Å². The van der Waals surface area contributed by atoms with Crippen LogP contribution in [0.1, 0.15) is 36.7 Å². The van der Waals surface area contributed by atoms with Gasteiger partial charge in [0.25, 0.3) is 21.8 Å². The zero-order chi connectivity index (χ0) is 35.6. The second kappa shape index (κ2) is 14.0. The van der Waals surface area contributed by atoms with E-state index in [1.54, 1.807) is 27.8 Å². The number of carbonyl (C=O) groups excluding carboxylic acids is 4. The first-order valence-electron chi connectivity index (χ1n) is 14.4. The highest BCUT2D eigenvalue weighted by molar-refractivity contribution is 7.92. The average Bonchev–Trinajstić information content (AvgIpc) is 3.01. The second-order valence-corrected chi connectivity index (χ2v) is 13.7. The fraction of sp³-hybridized carbons (Fsp3) is 0.250. The fourth-order valence-corrected chi connectivity index (χ4v) is 5.48. The average molecular weight is 680 g/mol. The Balaban J connectivity index is 1.45. The van der Waals surface area contributed by atoms with Crippen LogP contribution in [0.3, 0.4) is 0 Å². The monoisotopic (exact) mass is 679 g/mol. The maximum atomic E-state index is 15.0. The standard InChI is InChI=1S/C32H32BF2N5O7S/c1-32(2,3)30(44)36-19-7-11-21(12-8-19)48(46,47)38-25-17-23(34)22(16-24(25)35)29(43)37-26(28(33)42)15-18-5-9-20(10-6-18)40-27(41)13-14-39(4)31(40)45/h5-14,16-17,26,31,38,45H,15H2,1-4H3,(H,36,44)(H,37,43)/t26-,31?/m0/s1. The van der Waals surface area contributed by atoms with Crippen LogP contribution in [0.5, 0.6) is 0 Å². The van der Waals surface area contributed by atoms with Gasteiger partial charge >= 0.3 is 0 Å². The molecule has 0 saturated carbocycles. The number of benzene rings is 3. The Labute approximate surface area is 277 Å². The van der Waals surface area contributed by atoms with Crippen molar-refractivity contribution < 1.29 is 41.5 Å². The molecule has 0 fully saturated rings. The van der Waals surface area contributed by atoms with E-state index in [1.807, 2.05) is 4.72 Å². The summed E-state index contributed by atoms with van der Waals surface area (Å²) in [4.78, 5) is 51.7. The molecule has 4 N–H and O–H groups in total. The molecule has 0 aliphatic carbocycles. The summed E-state index contributed by atoms with van der Waals surface area (Å²) < 4.78 is 57.7. The number of hydrogen-bond donors (Lipinski definition) is 4. The molecule has 0 aromatic heterocycles. The van der Waals surface area contributed by atoms with Crippen molar-refractivity contribution >= 4 is 58.3 Å². The number of nitrogens with one attached hydrogen (secondary N) is 3. The number of halogens is 2. The molecule has 4 rings (SSSR count). The summed E-state index contributed by atoms with van der Waals surface area (Å²) in [6, 6.07) is 10.7. The Bertz CT molecular complexity index is 1880. The maximum Gasteiger partial charge on any atom is 0.261 e. The molecule has 1 aliphatic rings. The van der Waals surface area contributed by atoms with Gasteiger partial charge in [-0.1, -0.05) is 32.9 Å². The molecule has 12 nitrogen and oxygen atoms in total. The second-order valence-electron chi connectivity index (χ2n) is 12.0. The lowest BCUT2D eigenvalue weighted by atomic mass is 9.90. The van der Waals surface area contributed by atoms with Gasteiger partial charge in [0.15, 0.2) is 7.85 Å². The van der Waals surface area contributed by atoms with Gasteiger partial charge < -0.3 is 25.4 Å². The van der Waals surface area contributed by atoms with Gasteiger partial charge in [-0.2, -0.15) is 0 Å². The minimum Gasteiger partial charge on any atom is -0.356 e. The molecular formula is C32H32BF2N5O7S. The normalized spacial score (nSPS) is 15.6. The van der Waals surface area contributed by atoms with E-state index in [1.165, 1.54) is 65.7 Å². The highest BCUT2D eigenvalue weighted by atomic mass is 32.2. The minimum absolute atomic E-state index is 0.154. The third-order valence-electron chi connectivity index (χ3n) is 7.24. The summed E-state index contributed by atoms with van der Waals surface area (Å²) in [5.74, 6) is -4.51. The summed E-state index contributed by atoms with van der Waals surface area (Å²) in [6.07, 6.45) is 1.30. The third kappa shape index (κ3) is 8.25. The van der Waals surface area contributed by atoms with Crippen LogP contribution in [0.4, 0.5) is 25.8 Å². The first kappa shape index (κ1) is 35.8. The van der Waals surface area contributed by atoms with Crippen molar-refractivity contribution in [2.75, 3.05) is 22.0 Å². The van der Waals surface area contributed by atoms with Crippen molar-refractivity contribution in [3.63, 3.8) is 0 Å². The number of aliphatic hydroxyl groups is 1. The molecule has 3 amide bonds. The van der Waals surface area contributed by atoms with E-state index in [0.29, 0.717) is 29.1 Å². The van der Waals surface area contributed by atoms with Crippen LogP contribution in [0.25, 0.3) is 0 Å². The van der Waals surface area contributed by atoms with Crippen molar-refractivity contribution in [3.8, 4) is 0 Å². The predicted octanol–water partition coefficient (Wildman–Crippen LogP) is 2.85. The summed E-state index contributed by atoms with van der Waals surface area (Å²) in [5.41, 5.74) is -2.11. The highest BCUT2D eigenvalue weighted by Crippen LogP contribution is 2.26. The van der Waals surface area contributed by atoms with Gasteiger partial charge in [0, 0.05) is 42.2 Å². The summed E-state index contributed by atoms with van der Waals surface area (Å²) >= 11 is 0. The molecule has 250 valence electrons. The van der Waals surface area contributed by atoms with Crippen molar-refractivity contribution in [3.05, 3.63) is 95.7 Å². The molecule has 1 unspecified atom stereocenters. The number of hydrogen-bond acceptors (Lipinski definition) is 8. The molecule has 48 heavy (non-hydrogen) atoms. The van der Waals surface area contributed by atoms with E-state index < -0.39 is 68.2 Å². The summed E-state index contributed by atoms with van der Waals surface area (Å²) in [5, 5.41) is 15.2. The number of carbonyl (C=O) groups is 4. The molecule has 0 bridgehead atoms. The highest BCUT2D eigenvalue weighted by Gasteiger charge is 2.28. The van der Waals surface area contributed by atoms with Gasteiger partial charge in [-0.25, -0.2) is 17.2 Å². The van der Waals surface area contributed by atoms with Gasteiger partial charge in [-0.15, -0.1) is 0 Å². The number of anilines is 3. The van der Waals surface area contributed by atoms with Gasteiger partial charge in [0.05, 0.1) is 27.9 Å². The lowest BCUT2D eigenvalue weighted by molar-refractivity contribution is -0.123. The molecular weight excluding hydrogens is 647 g/mol. The Hall–Kier alpha value is -5.09. The van der Waals surface area contributed by atoms with E-state index in [0.717, 1.165) is 4.90 Å². The number of amides is 3. The molecule has 3 aromatic carbocycles. The zero-order valence-electron chi connectivity index (χ0n) is 26.3. The number of aliphatic hydroxyl groups excluding tert-OH is 1. The molecule has 16 heteroatoms. The van der Waals surface area contributed by atoms with Crippen LogP contribution in [0.2, 0.25) is 0 Å². The quantitative estimate of drug-likeness (QED) is 0.238. The van der Waals surface area contributed by atoms with Crippen LogP contribution in [-0.2, 0) is 30.8 Å². The minimum atomic E-state index is -4.42. The van der Waals surface area contributed by atoms with E-state index >= 15 is 8.78 Å². The van der Waals surface area contributed by atoms with Gasteiger partial charge in [0.1, 0.15) is 11.6 Å². The van der Waals surface area contributed by atoms with Gasteiger partial charge in [-0.05, 0) is 54.4 Å². The van der Waals surface area contributed by atoms with E-state index in [2.05, 4.69) is 10.6 Å². The van der Waals surface area contributed by atoms with Crippen LogP contribution < -0.4 is 20.3 Å². The lowest BCUT2D eigenvalue weighted by Crippen LogP contribution is -2.50. The molecule has 2 atom stereocenters. The largest absolute Gasteiger partial charge is 0.356 e. The van der Waals surface area contributed by atoms with Gasteiger partial charge in [-0.3, -0.25) is 24.0 Å². The Kier molecular flexibility index (Phi) is 10.4. The zero-order valence-corrected chi connectivity index (χ0v) is 27.1. The van der Waals surface area contributed by atoms with Crippen LogP contribution in [0.15, 0.2) is 77.8 Å². The number of rotatable bonds is 10. The van der Waals surface area contributed by atoms with E-state index in [9.17, 15) is 32.7 Å². The van der Waals surface area contributed by atoms with Crippen molar-refractivity contribution in [2.24, 2.45) is 5.41 Å². The lowest BCUT2D eigenvalue weighted by Gasteiger charge is -2.35. The molecule has 0 spiro atoms. The molecule has 0 saturated heterocycles. The predicted molar refractivity (Wildman–Crippen MR) is 174 cm³/mol. The summed E-state index contributed by atoms with van der Waals surface area (Å²) in [7, 11) is 2.62. The van der Waals surface area contributed by atoms with E-state index in [-0.39, 0.29) is 17.2 Å². The Morgan fingerprint density at radius 2 is 1.62 bits per heavy atom.